The van der Waals surface area contributed by atoms with E-state index in [9.17, 15) is 4.79 Å². The van der Waals surface area contributed by atoms with Crippen molar-refractivity contribution in [2.75, 3.05) is 26.2 Å². The molecule has 3 heterocycles. The van der Waals surface area contributed by atoms with Gasteiger partial charge in [-0.3, -0.25) is 4.79 Å². The average Bonchev–Trinajstić information content (AvgIpc) is 2.89. The first-order chi connectivity index (χ1) is 7.75. The van der Waals surface area contributed by atoms with E-state index in [0.29, 0.717) is 17.4 Å². The van der Waals surface area contributed by atoms with Crippen molar-refractivity contribution < 1.29 is 9.21 Å². The summed E-state index contributed by atoms with van der Waals surface area (Å²) in [5.74, 6) is 2.15. The number of rotatable bonds is 1. The van der Waals surface area contributed by atoms with E-state index in [4.69, 9.17) is 4.42 Å². The molecule has 0 saturated carbocycles. The van der Waals surface area contributed by atoms with Gasteiger partial charge >= 0.3 is 0 Å². The first-order valence-electron chi connectivity index (χ1n) is 5.80. The summed E-state index contributed by atoms with van der Waals surface area (Å²) in [7, 11) is 0. The van der Waals surface area contributed by atoms with Crippen LogP contribution in [0.3, 0.4) is 0 Å². The quantitative estimate of drug-likeness (QED) is 0.824. The fourth-order valence-corrected chi connectivity index (χ4v) is 2.80. The molecule has 0 radical (unpaired) electrons. The van der Waals surface area contributed by atoms with Gasteiger partial charge in [-0.25, -0.2) is 0 Å². The van der Waals surface area contributed by atoms with Crippen LogP contribution in [0.4, 0.5) is 0 Å². The van der Waals surface area contributed by atoms with Crippen LogP contribution in [0.5, 0.6) is 0 Å². The molecule has 17 heavy (non-hydrogen) atoms. The van der Waals surface area contributed by atoms with Crippen LogP contribution in [-0.4, -0.2) is 37.0 Å². The predicted octanol–water partition coefficient (Wildman–Crippen LogP) is 1.30. The molecular formula is C12H17ClN2O2. The fourth-order valence-electron chi connectivity index (χ4n) is 2.80. The van der Waals surface area contributed by atoms with Gasteiger partial charge < -0.3 is 14.6 Å². The van der Waals surface area contributed by atoms with Crippen molar-refractivity contribution in [2.45, 2.75) is 6.92 Å². The van der Waals surface area contributed by atoms with Gasteiger partial charge in [0.2, 0.25) is 0 Å². The molecule has 1 amide bonds. The SMILES string of the molecule is Cc1occc1C(=O)N1C[C@H]2CNC[C@H]2C1.Cl. The zero-order valence-corrected chi connectivity index (χ0v) is 10.6. The number of nitrogens with zero attached hydrogens (tertiary/aromatic N) is 1. The molecule has 0 aromatic carbocycles. The van der Waals surface area contributed by atoms with Crippen molar-refractivity contribution in [1.82, 2.24) is 10.2 Å². The van der Waals surface area contributed by atoms with Gasteiger partial charge in [0.05, 0.1) is 11.8 Å². The van der Waals surface area contributed by atoms with Crippen LogP contribution in [0.25, 0.3) is 0 Å². The van der Waals surface area contributed by atoms with Gasteiger partial charge in [0.15, 0.2) is 0 Å². The Morgan fingerprint density at radius 3 is 2.59 bits per heavy atom. The molecule has 5 heteroatoms. The maximum absolute atomic E-state index is 12.2. The maximum Gasteiger partial charge on any atom is 0.257 e. The number of furan rings is 1. The Morgan fingerprint density at radius 1 is 1.41 bits per heavy atom. The standard InChI is InChI=1S/C12H16N2O2.ClH/c1-8-11(2-3-16-8)12(15)14-6-9-4-13-5-10(9)7-14;/h2-3,9-10,13H,4-7H2,1H3;1H/t9-,10+;. The van der Waals surface area contributed by atoms with E-state index in [-0.39, 0.29) is 18.3 Å². The van der Waals surface area contributed by atoms with Gasteiger partial charge in [-0.15, -0.1) is 12.4 Å². The Kier molecular flexibility index (Phi) is 3.45. The van der Waals surface area contributed by atoms with Crippen molar-refractivity contribution in [3.8, 4) is 0 Å². The Hall–Kier alpha value is -1.00. The Labute approximate surface area is 107 Å². The Bertz CT molecular complexity index is 406. The molecule has 2 aliphatic rings. The van der Waals surface area contributed by atoms with Crippen LogP contribution >= 0.6 is 12.4 Å². The van der Waals surface area contributed by atoms with Gasteiger partial charge in [-0.2, -0.15) is 0 Å². The molecule has 0 aliphatic carbocycles. The first kappa shape index (κ1) is 12.5. The number of nitrogens with one attached hydrogen (secondary N) is 1. The second-order valence-electron chi connectivity index (χ2n) is 4.78. The number of carbonyl (C=O) groups excluding carboxylic acids is 1. The van der Waals surface area contributed by atoms with Crippen molar-refractivity contribution in [3.05, 3.63) is 23.7 Å². The van der Waals surface area contributed by atoms with Crippen molar-refractivity contribution in [3.63, 3.8) is 0 Å². The second kappa shape index (κ2) is 4.70. The minimum absolute atomic E-state index is 0. The van der Waals surface area contributed by atoms with E-state index in [1.165, 1.54) is 0 Å². The minimum Gasteiger partial charge on any atom is -0.469 e. The largest absolute Gasteiger partial charge is 0.469 e. The highest BCUT2D eigenvalue weighted by Crippen LogP contribution is 2.27. The number of likely N-dealkylation sites (tertiary alicyclic amines) is 1. The van der Waals surface area contributed by atoms with Crippen LogP contribution in [0.15, 0.2) is 16.7 Å². The highest BCUT2D eigenvalue weighted by molar-refractivity contribution is 5.95. The number of aryl methyl sites for hydroxylation is 1. The number of amides is 1. The van der Waals surface area contributed by atoms with Crippen molar-refractivity contribution in [1.29, 1.82) is 0 Å². The Balaban J connectivity index is 0.00000108. The van der Waals surface area contributed by atoms with Gasteiger partial charge in [0.25, 0.3) is 5.91 Å². The van der Waals surface area contributed by atoms with Crippen LogP contribution in [0.1, 0.15) is 16.1 Å². The van der Waals surface area contributed by atoms with Crippen molar-refractivity contribution in [2.24, 2.45) is 11.8 Å². The van der Waals surface area contributed by atoms with Gasteiger partial charge in [0, 0.05) is 26.2 Å². The van der Waals surface area contributed by atoms with E-state index in [1.54, 1.807) is 12.3 Å². The predicted molar refractivity (Wildman–Crippen MR) is 66.4 cm³/mol. The smallest absolute Gasteiger partial charge is 0.257 e. The first-order valence-corrected chi connectivity index (χ1v) is 5.80. The highest BCUT2D eigenvalue weighted by atomic mass is 35.5. The monoisotopic (exact) mass is 256 g/mol. The molecule has 4 nitrogen and oxygen atoms in total. The summed E-state index contributed by atoms with van der Waals surface area (Å²) in [6, 6.07) is 1.77. The summed E-state index contributed by atoms with van der Waals surface area (Å²) < 4.78 is 5.18. The molecule has 2 atom stereocenters. The van der Waals surface area contributed by atoms with Crippen LogP contribution in [0.2, 0.25) is 0 Å². The molecule has 0 bridgehead atoms. The summed E-state index contributed by atoms with van der Waals surface area (Å²) in [6.45, 7) is 5.73. The number of halogens is 1. The zero-order valence-electron chi connectivity index (χ0n) is 9.81. The molecule has 1 aromatic rings. The normalized spacial score (nSPS) is 26.8. The molecule has 1 aromatic heterocycles. The summed E-state index contributed by atoms with van der Waals surface area (Å²) in [4.78, 5) is 14.2. The molecule has 1 N–H and O–H groups in total. The topological polar surface area (TPSA) is 45.5 Å². The van der Waals surface area contributed by atoms with E-state index >= 15 is 0 Å². The summed E-state index contributed by atoms with van der Waals surface area (Å²) in [6.07, 6.45) is 1.58. The van der Waals surface area contributed by atoms with Gasteiger partial charge in [-0.05, 0) is 24.8 Å². The van der Waals surface area contributed by atoms with Crippen LogP contribution in [0, 0.1) is 18.8 Å². The zero-order chi connectivity index (χ0) is 11.1. The molecule has 2 aliphatic heterocycles. The molecule has 94 valence electrons. The summed E-state index contributed by atoms with van der Waals surface area (Å²) in [5, 5.41) is 3.37. The van der Waals surface area contributed by atoms with E-state index < -0.39 is 0 Å². The fraction of sp³-hybridized carbons (Fsp3) is 0.583. The lowest BCUT2D eigenvalue weighted by atomic mass is 10.0. The lowest BCUT2D eigenvalue weighted by molar-refractivity contribution is 0.0780. The third kappa shape index (κ3) is 2.07. The molecule has 2 saturated heterocycles. The number of hydrogen-bond donors (Lipinski definition) is 1. The van der Waals surface area contributed by atoms with Gasteiger partial charge in [-0.1, -0.05) is 0 Å². The molecule has 0 unspecified atom stereocenters. The maximum atomic E-state index is 12.2. The molecular weight excluding hydrogens is 240 g/mol. The molecule has 0 spiro atoms. The highest BCUT2D eigenvalue weighted by Gasteiger charge is 2.38. The van der Waals surface area contributed by atoms with Crippen molar-refractivity contribution >= 4 is 18.3 Å². The lowest BCUT2D eigenvalue weighted by Gasteiger charge is -2.16. The summed E-state index contributed by atoms with van der Waals surface area (Å²) >= 11 is 0. The second-order valence-corrected chi connectivity index (χ2v) is 4.78. The number of fused-ring (bicyclic) bond motifs is 1. The van der Waals surface area contributed by atoms with E-state index in [2.05, 4.69) is 5.32 Å². The van der Waals surface area contributed by atoms with Gasteiger partial charge in [0.1, 0.15) is 5.76 Å². The molecule has 2 fully saturated rings. The lowest BCUT2D eigenvalue weighted by Crippen LogP contribution is -2.31. The minimum atomic E-state index is 0. The molecule has 3 rings (SSSR count). The third-order valence-corrected chi connectivity index (χ3v) is 3.77. The number of carbonyl (C=O) groups is 1. The number of hydrogen-bond acceptors (Lipinski definition) is 3. The van der Waals surface area contributed by atoms with E-state index in [1.807, 2.05) is 11.8 Å². The summed E-state index contributed by atoms with van der Waals surface area (Å²) in [5.41, 5.74) is 0.716. The average molecular weight is 257 g/mol. The Morgan fingerprint density at radius 2 is 2.06 bits per heavy atom. The third-order valence-electron chi connectivity index (χ3n) is 3.77. The van der Waals surface area contributed by atoms with Crippen LogP contribution in [-0.2, 0) is 0 Å². The van der Waals surface area contributed by atoms with E-state index in [0.717, 1.165) is 31.9 Å². The van der Waals surface area contributed by atoms with Crippen LogP contribution < -0.4 is 5.32 Å².